The molecule has 0 fully saturated rings. The first kappa shape index (κ1) is 17.9. The summed E-state index contributed by atoms with van der Waals surface area (Å²) in [4.78, 5) is 28.9. The van der Waals surface area contributed by atoms with Gasteiger partial charge in [-0.3, -0.25) is 4.79 Å². The third-order valence-corrected chi connectivity index (χ3v) is 4.29. The Morgan fingerprint density at radius 2 is 1.93 bits per heavy atom. The van der Waals surface area contributed by atoms with Crippen molar-refractivity contribution in [1.29, 1.82) is 0 Å². The highest BCUT2D eigenvalue weighted by molar-refractivity contribution is 6.30. The lowest BCUT2D eigenvalue weighted by Crippen LogP contribution is -2.24. The summed E-state index contributed by atoms with van der Waals surface area (Å²) in [6.45, 7) is 1.51. The number of hydrogen-bond acceptors (Lipinski definition) is 6. The fourth-order valence-corrected chi connectivity index (χ4v) is 2.84. The number of halogens is 1. The highest BCUT2D eigenvalue weighted by Gasteiger charge is 2.18. The Morgan fingerprint density at radius 1 is 1.18 bits per heavy atom. The van der Waals surface area contributed by atoms with Crippen LogP contribution in [-0.2, 0) is 11.3 Å². The van der Waals surface area contributed by atoms with Crippen LogP contribution in [0.15, 0.2) is 63.8 Å². The average Bonchev–Trinajstić information content (AvgIpc) is 3.10. The van der Waals surface area contributed by atoms with Gasteiger partial charge in [-0.05, 0) is 43.3 Å². The minimum atomic E-state index is -0.852. The lowest BCUT2D eigenvalue weighted by atomic mass is 10.3. The van der Waals surface area contributed by atoms with E-state index in [1.807, 2.05) is 12.1 Å². The molecule has 0 spiro atoms. The van der Waals surface area contributed by atoms with Crippen LogP contribution in [0.4, 0.5) is 0 Å². The summed E-state index contributed by atoms with van der Waals surface area (Å²) in [6, 6.07) is 15.4. The predicted octanol–water partition coefficient (Wildman–Crippen LogP) is 3.69. The maximum absolute atomic E-state index is 12.4. The van der Waals surface area contributed by atoms with Crippen LogP contribution in [0.25, 0.3) is 16.8 Å². The first-order valence-electron chi connectivity index (χ1n) is 8.40. The number of fused-ring (bicyclic) bond motifs is 1. The molecule has 2 heterocycles. The van der Waals surface area contributed by atoms with E-state index >= 15 is 0 Å². The Labute approximate surface area is 164 Å². The summed E-state index contributed by atoms with van der Waals surface area (Å²) in [5.41, 5.74) is 1.64. The molecule has 0 saturated heterocycles. The summed E-state index contributed by atoms with van der Waals surface area (Å²) in [7, 11) is 0. The van der Waals surface area contributed by atoms with Crippen molar-refractivity contribution in [3.63, 3.8) is 0 Å². The van der Waals surface area contributed by atoms with Crippen molar-refractivity contribution >= 4 is 28.7 Å². The van der Waals surface area contributed by atoms with E-state index in [1.165, 1.54) is 10.7 Å². The quantitative estimate of drug-likeness (QED) is 0.490. The summed E-state index contributed by atoms with van der Waals surface area (Å²) in [6.07, 6.45) is 0. The zero-order chi connectivity index (χ0) is 19.7. The minimum absolute atomic E-state index is 0.205. The predicted molar refractivity (Wildman–Crippen MR) is 103 cm³/mol. The van der Waals surface area contributed by atoms with Crippen molar-refractivity contribution < 1.29 is 13.9 Å². The molecule has 2 aromatic heterocycles. The van der Waals surface area contributed by atoms with Gasteiger partial charge in [-0.25, -0.2) is 14.5 Å². The summed E-state index contributed by atoms with van der Waals surface area (Å²) >= 11 is 5.91. The van der Waals surface area contributed by atoms with Crippen LogP contribution in [0.1, 0.15) is 22.1 Å². The standard InChI is InChI=1S/C20H14ClN3O4/c1-12-10-16(25)19(23-24(12)14-8-6-13(21)7-9-14)20(26)27-11-18-22-15-4-2-3-5-17(15)28-18/h2-10H,11H2,1H3. The van der Waals surface area contributed by atoms with Gasteiger partial charge in [0.25, 0.3) is 0 Å². The topological polar surface area (TPSA) is 87.2 Å². The van der Waals surface area contributed by atoms with Crippen LogP contribution in [0.5, 0.6) is 0 Å². The highest BCUT2D eigenvalue weighted by atomic mass is 35.5. The zero-order valence-corrected chi connectivity index (χ0v) is 15.5. The number of oxazole rings is 1. The van der Waals surface area contributed by atoms with Gasteiger partial charge in [0.1, 0.15) is 5.52 Å². The second-order valence-corrected chi connectivity index (χ2v) is 6.47. The Bertz CT molecular complexity index is 1200. The molecule has 2 aromatic carbocycles. The number of hydrogen-bond donors (Lipinski definition) is 0. The van der Waals surface area contributed by atoms with Gasteiger partial charge in [-0.1, -0.05) is 23.7 Å². The lowest BCUT2D eigenvalue weighted by Gasteiger charge is -2.10. The normalized spacial score (nSPS) is 10.9. The second-order valence-electron chi connectivity index (χ2n) is 6.04. The van der Waals surface area contributed by atoms with Crippen molar-refractivity contribution in [1.82, 2.24) is 14.8 Å². The lowest BCUT2D eigenvalue weighted by molar-refractivity contribution is 0.0429. The molecule has 0 saturated carbocycles. The Kier molecular flexibility index (Phi) is 4.67. The maximum Gasteiger partial charge on any atom is 0.363 e. The van der Waals surface area contributed by atoms with Crippen molar-refractivity contribution in [2.45, 2.75) is 13.5 Å². The summed E-state index contributed by atoms with van der Waals surface area (Å²) in [5, 5.41) is 4.73. The molecule has 0 bridgehead atoms. The Hall–Kier alpha value is -3.45. The van der Waals surface area contributed by atoms with E-state index in [0.29, 0.717) is 27.5 Å². The number of carbonyl (C=O) groups is 1. The van der Waals surface area contributed by atoms with Gasteiger partial charge in [0.15, 0.2) is 12.2 Å². The van der Waals surface area contributed by atoms with Crippen LogP contribution in [0.3, 0.4) is 0 Å². The monoisotopic (exact) mass is 395 g/mol. The van der Waals surface area contributed by atoms with E-state index < -0.39 is 11.4 Å². The third kappa shape index (κ3) is 3.52. The Balaban J connectivity index is 1.59. The molecule has 0 N–H and O–H groups in total. The molecule has 0 unspecified atom stereocenters. The van der Waals surface area contributed by atoms with Gasteiger partial charge < -0.3 is 9.15 Å². The molecular formula is C20H14ClN3O4. The van der Waals surface area contributed by atoms with E-state index in [1.54, 1.807) is 43.3 Å². The van der Waals surface area contributed by atoms with Crippen molar-refractivity contribution in [3.8, 4) is 5.69 Å². The molecular weight excluding hydrogens is 382 g/mol. The average molecular weight is 396 g/mol. The molecule has 7 nitrogen and oxygen atoms in total. The number of esters is 1. The van der Waals surface area contributed by atoms with Crippen LogP contribution in [-0.4, -0.2) is 20.7 Å². The summed E-state index contributed by atoms with van der Waals surface area (Å²) < 4.78 is 12.2. The fourth-order valence-electron chi connectivity index (χ4n) is 2.71. The van der Waals surface area contributed by atoms with E-state index in [0.717, 1.165) is 0 Å². The molecule has 4 rings (SSSR count). The Morgan fingerprint density at radius 3 is 2.68 bits per heavy atom. The minimum Gasteiger partial charge on any atom is -0.451 e. The van der Waals surface area contributed by atoms with E-state index in [2.05, 4.69) is 10.1 Å². The van der Waals surface area contributed by atoms with Gasteiger partial charge in [0.2, 0.25) is 17.0 Å². The first-order chi connectivity index (χ1) is 13.5. The molecule has 0 radical (unpaired) electrons. The molecule has 8 heteroatoms. The van der Waals surface area contributed by atoms with Crippen molar-refractivity contribution in [2.75, 3.05) is 0 Å². The number of para-hydroxylation sites is 2. The number of rotatable bonds is 4. The van der Waals surface area contributed by atoms with Crippen LogP contribution < -0.4 is 5.43 Å². The first-order valence-corrected chi connectivity index (χ1v) is 8.77. The van der Waals surface area contributed by atoms with Gasteiger partial charge in [-0.2, -0.15) is 5.10 Å². The number of aromatic nitrogens is 3. The van der Waals surface area contributed by atoms with Crippen LogP contribution in [0.2, 0.25) is 5.02 Å². The van der Waals surface area contributed by atoms with Gasteiger partial charge >= 0.3 is 5.97 Å². The number of benzene rings is 2. The van der Waals surface area contributed by atoms with Gasteiger partial charge in [0, 0.05) is 16.8 Å². The summed E-state index contributed by atoms with van der Waals surface area (Å²) in [5.74, 6) is -0.616. The van der Waals surface area contributed by atoms with E-state index in [4.69, 9.17) is 20.8 Å². The largest absolute Gasteiger partial charge is 0.451 e. The third-order valence-electron chi connectivity index (χ3n) is 4.04. The second kappa shape index (κ2) is 7.28. The molecule has 0 amide bonds. The number of carbonyl (C=O) groups excluding carboxylic acids is 1. The molecule has 0 aliphatic carbocycles. The molecule has 140 valence electrons. The fraction of sp³-hybridized carbons (Fsp3) is 0.100. The molecule has 4 aromatic rings. The van der Waals surface area contributed by atoms with Crippen molar-refractivity contribution in [3.05, 3.63) is 87.1 Å². The van der Waals surface area contributed by atoms with E-state index in [-0.39, 0.29) is 18.2 Å². The molecule has 0 atom stereocenters. The van der Waals surface area contributed by atoms with Crippen LogP contribution >= 0.6 is 11.6 Å². The molecule has 28 heavy (non-hydrogen) atoms. The maximum atomic E-state index is 12.4. The number of nitrogens with zero attached hydrogens (tertiary/aromatic N) is 3. The number of ether oxygens (including phenoxy) is 1. The highest BCUT2D eigenvalue weighted by Crippen LogP contribution is 2.16. The van der Waals surface area contributed by atoms with Crippen molar-refractivity contribution in [2.24, 2.45) is 0 Å². The molecule has 0 aliphatic rings. The SMILES string of the molecule is Cc1cc(=O)c(C(=O)OCc2nc3ccccc3o2)nn1-c1ccc(Cl)cc1. The number of aryl methyl sites for hydroxylation is 1. The smallest absolute Gasteiger partial charge is 0.363 e. The van der Waals surface area contributed by atoms with E-state index in [9.17, 15) is 9.59 Å². The van der Waals surface area contributed by atoms with Gasteiger partial charge in [-0.15, -0.1) is 0 Å². The van der Waals surface area contributed by atoms with Crippen LogP contribution in [0, 0.1) is 6.92 Å². The van der Waals surface area contributed by atoms with Gasteiger partial charge in [0.05, 0.1) is 5.69 Å². The molecule has 0 aliphatic heterocycles. The zero-order valence-electron chi connectivity index (χ0n) is 14.8.